The number of anilines is 2. The maximum Gasteiger partial charge on any atom is 0.243 e. The number of ether oxygens (including phenoxy) is 1. The van der Waals surface area contributed by atoms with E-state index in [0.29, 0.717) is 30.2 Å². The van der Waals surface area contributed by atoms with E-state index >= 15 is 0 Å². The van der Waals surface area contributed by atoms with Gasteiger partial charge in [-0.25, -0.2) is 8.42 Å². The molecular weight excluding hydrogens is 442 g/mol. The van der Waals surface area contributed by atoms with Gasteiger partial charge in [0.1, 0.15) is 5.75 Å². The first-order valence-electron chi connectivity index (χ1n) is 11.2. The number of hydrogen-bond donors (Lipinski definition) is 1. The Morgan fingerprint density at radius 3 is 2.39 bits per heavy atom. The predicted molar refractivity (Wildman–Crippen MR) is 126 cm³/mol. The normalized spacial score (nSPS) is 19.8. The quantitative estimate of drug-likeness (QED) is 0.698. The molecule has 2 fully saturated rings. The number of nitrogens with one attached hydrogen (secondary N) is 1. The minimum Gasteiger partial charge on any atom is -0.497 e. The molecule has 0 radical (unpaired) electrons. The summed E-state index contributed by atoms with van der Waals surface area (Å²) in [5, 5.41) is 2.82. The smallest absolute Gasteiger partial charge is 0.243 e. The molecule has 2 amide bonds. The number of methoxy groups -OCH3 is 1. The summed E-state index contributed by atoms with van der Waals surface area (Å²) in [6, 6.07) is 13.4. The minimum absolute atomic E-state index is 0.116. The highest BCUT2D eigenvalue weighted by Crippen LogP contribution is 2.29. The second-order valence-corrected chi connectivity index (χ2v) is 10.4. The molecular formula is C24H29N3O5S. The van der Waals surface area contributed by atoms with E-state index in [1.807, 2.05) is 6.07 Å². The van der Waals surface area contributed by atoms with Crippen molar-refractivity contribution < 1.29 is 22.7 Å². The van der Waals surface area contributed by atoms with E-state index < -0.39 is 15.9 Å². The minimum atomic E-state index is -3.54. The molecule has 0 aliphatic carbocycles. The summed E-state index contributed by atoms with van der Waals surface area (Å²) in [5.74, 6) is -0.244. The third kappa shape index (κ3) is 5.20. The van der Waals surface area contributed by atoms with Gasteiger partial charge in [-0.3, -0.25) is 9.59 Å². The number of amides is 2. The topological polar surface area (TPSA) is 96.0 Å². The van der Waals surface area contributed by atoms with E-state index in [1.54, 1.807) is 46.6 Å². The molecule has 0 spiro atoms. The molecule has 8 nitrogen and oxygen atoms in total. The lowest BCUT2D eigenvalue weighted by molar-refractivity contribution is -0.122. The molecule has 1 atom stereocenters. The van der Waals surface area contributed by atoms with E-state index in [0.717, 1.165) is 25.7 Å². The first-order chi connectivity index (χ1) is 15.9. The highest BCUT2D eigenvalue weighted by Gasteiger charge is 2.35. The van der Waals surface area contributed by atoms with E-state index in [2.05, 4.69) is 5.32 Å². The van der Waals surface area contributed by atoms with Crippen LogP contribution in [0.3, 0.4) is 0 Å². The van der Waals surface area contributed by atoms with Gasteiger partial charge in [-0.2, -0.15) is 4.31 Å². The molecule has 9 heteroatoms. The van der Waals surface area contributed by atoms with Gasteiger partial charge in [0.25, 0.3) is 0 Å². The summed E-state index contributed by atoms with van der Waals surface area (Å²) < 4.78 is 32.6. The largest absolute Gasteiger partial charge is 0.497 e. The molecule has 2 aliphatic heterocycles. The second kappa shape index (κ2) is 9.93. The van der Waals surface area contributed by atoms with Crippen LogP contribution in [-0.4, -0.2) is 51.3 Å². The van der Waals surface area contributed by atoms with Gasteiger partial charge in [0.15, 0.2) is 0 Å². The molecule has 0 aromatic heterocycles. The van der Waals surface area contributed by atoms with Gasteiger partial charge in [0.05, 0.1) is 17.9 Å². The van der Waals surface area contributed by atoms with Crippen molar-refractivity contribution in [3.8, 4) is 5.75 Å². The molecule has 2 saturated heterocycles. The van der Waals surface area contributed by atoms with E-state index in [1.165, 1.54) is 12.1 Å². The summed E-state index contributed by atoms with van der Waals surface area (Å²) in [6.07, 6.45) is 3.97. The van der Waals surface area contributed by atoms with E-state index in [4.69, 9.17) is 4.74 Å². The molecule has 0 bridgehead atoms. The van der Waals surface area contributed by atoms with Gasteiger partial charge in [-0.05, 0) is 49.2 Å². The highest BCUT2D eigenvalue weighted by molar-refractivity contribution is 7.89. The van der Waals surface area contributed by atoms with Crippen LogP contribution < -0.4 is 15.0 Å². The lowest BCUT2D eigenvalue weighted by atomic mass is 10.1. The van der Waals surface area contributed by atoms with Crippen molar-refractivity contribution in [1.82, 2.24) is 4.31 Å². The van der Waals surface area contributed by atoms with Gasteiger partial charge in [0.2, 0.25) is 21.8 Å². The fourth-order valence-corrected chi connectivity index (χ4v) is 5.81. The lowest BCUT2D eigenvalue weighted by Gasteiger charge is -2.20. The number of carbonyl (C=O) groups excluding carboxylic acids is 2. The summed E-state index contributed by atoms with van der Waals surface area (Å²) in [4.78, 5) is 27.1. The second-order valence-electron chi connectivity index (χ2n) is 8.44. The molecule has 176 valence electrons. The van der Waals surface area contributed by atoms with Crippen molar-refractivity contribution >= 4 is 33.2 Å². The summed E-state index contributed by atoms with van der Waals surface area (Å²) in [7, 11) is -1.98. The van der Waals surface area contributed by atoms with Crippen LogP contribution in [-0.2, 0) is 19.6 Å². The van der Waals surface area contributed by atoms with Crippen molar-refractivity contribution in [1.29, 1.82) is 0 Å². The molecule has 2 aromatic carbocycles. The number of benzene rings is 2. The van der Waals surface area contributed by atoms with Crippen LogP contribution in [0.2, 0.25) is 0 Å². The van der Waals surface area contributed by atoms with Gasteiger partial charge < -0.3 is 15.0 Å². The fraction of sp³-hybridized carbons (Fsp3) is 0.417. The third-order valence-corrected chi connectivity index (χ3v) is 8.10. The Morgan fingerprint density at radius 1 is 1.03 bits per heavy atom. The van der Waals surface area contributed by atoms with E-state index in [9.17, 15) is 18.0 Å². The van der Waals surface area contributed by atoms with Gasteiger partial charge in [-0.15, -0.1) is 0 Å². The number of rotatable bonds is 6. The first-order valence-corrected chi connectivity index (χ1v) is 12.7. The molecule has 2 heterocycles. The van der Waals surface area contributed by atoms with Crippen LogP contribution in [0.4, 0.5) is 11.4 Å². The molecule has 4 rings (SSSR count). The molecule has 1 N–H and O–H groups in total. The van der Waals surface area contributed by atoms with E-state index in [-0.39, 0.29) is 29.7 Å². The molecule has 33 heavy (non-hydrogen) atoms. The van der Waals surface area contributed by atoms with Crippen molar-refractivity contribution in [3.63, 3.8) is 0 Å². The molecule has 0 saturated carbocycles. The average molecular weight is 472 g/mol. The number of carbonyl (C=O) groups is 2. The van der Waals surface area contributed by atoms with Gasteiger partial charge in [-0.1, -0.05) is 18.9 Å². The number of nitrogens with zero attached hydrogens (tertiary/aromatic N) is 2. The summed E-state index contributed by atoms with van der Waals surface area (Å²) >= 11 is 0. The van der Waals surface area contributed by atoms with Crippen LogP contribution in [0.15, 0.2) is 53.4 Å². The monoisotopic (exact) mass is 471 g/mol. The van der Waals surface area contributed by atoms with Gasteiger partial charge in [0, 0.05) is 43.5 Å². The average Bonchev–Trinajstić information content (AvgIpc) is 3.02. The zero-order chi connectivity index (χ0) is 23.4. The Labute approximate surface area is 194 Å². The molecule has 2 aliphatic rings. The zero-order valence-corrected chi connectivity index (χ0v) is 19.5. The van der Waals surface area contributed by atoms with Crippen LogP contribution in [0.25, 0.3) is 0 Å². The summed E-state index contributed by atoms with van der Waals surface area (Å²) in [6.45, 7) is 1.36. The van der Waals surface area contributed by atoms with Crippen LogP contribution >= 0.6 is 0 Å². The standard InChI is InChI=1S/C24H29N3O5S/c1-32-21-8-6-7-20(16-21)27-17-18(15-23(27)28)24(29)25-19-9-11-22(12-10-19)33(30,31)26-13-4-2-3-5-14-26/h6-12,16,18H,2-5,13-15,17H2,1H3,(H,25,29). The van der Waals surface area contributed by atoms with Crippen LogP contribution in [0.1, 0.15) is 32.1 Å². The maximum atomic E-state index is 12.9. The molecule has 1 unspecified atom stereocenters. The first kappa shape index (κ1) is 23.3. The Balaban J connectivity index is 1.40. The third-order valence-electron chi connectivity index (χ3n) is 6.19. The summed E-state index contributed by atoms with van der Waals surface area (Å²) in [5.41, 5.74) is 1.19. The number of sulfonamides is 1. The molecule has 2 aromatic rings. The Hall–Kier alpha value is -2.91. The predicted octanol–water partition coefficient (Wildman–Crippen LogP) is 3.25. The Morgan fingerprint density at radius 2 is 1.73 bits per heavy atom. The zero-order valence-electron chi connectivity index (χ0n) is 18.7. The SMILES string of the molecule is COc1cccc(N2CC(C(=O)Nc3ccc(S(=O)(=O)N4CCCCCC4)cc3)CC2=O)c1. The van der Waals surface area contributed by atoms with Crippen molar-refractivity contribution in [2.75, 3.05) is 37.0 Å². The Kier molecular flexibility index (Phi) is 6.99. The van der Waals surface area contributed by atoms with Crippen molar-refractivity contribution in [2.24, 2.45) is 5.92 Å². The number of hydrogen-bond acceptors (Lipinski definition) is 5. The van der Waals surface area contributed by atoms with Crippen LogP contribution in [0, 0.1) is 5.92 Å². The highest BCUT2D eigenvalue weighted by atomic mass is 32.2. The van der Waals surface area contributed by atoms with Gasteiger partial charge >= 0.3 is 0 Å². The fourth-order valence-electron chi connectivity index (χ4n) is 4.30. The lowest BCUT2D eigenvalue weighted by Crippen LogP contribution is -2.32. The Bertz CT molecular complexity index is 1110. The van der Waals surface area contributed by atoms with Crippen LogP contribution in [0.5, 0.6) is 5.75 Å². The maximum absolute atomic E-state index is 12.9. The van der Waals surface area contributed by atoms with Crippen molar-refractivity contribution in [2.45, 2.75) is 37.0 Å². The van der Waals surface area contributed by atoms with Crippen molar-refractivity contribution in [3.05, 3.63) is 48.5 Å².